The molecule has 2 saturated carbocycles. The quantitative estimate of drug-likeness (QED) is 0.424. The van der Waals surface area contributed by atoms with E-state index in [1.807, 2.05) is 32.8 Å². The monoisotopic (exact) mass is 469 g/mol. The lowest BCUT2D eigenvalue weighted by atomic mass is 9.40. The van der Waals surface area contributed by atoms with Gasteiger partial charge in [-0.2, -0.15) is 0 Å². The fraction of sp³-hybridized carbons (Fsp3) is 0.880. The number of fused-ring (bicyclic) bond motifs is 3. The molecule has 0 aromatic heterocycles. The van der Waals surface area contributed by atoms with E-state index < -0.39 is 63.8 Å². The number of hydrogen-bond donors (Lipinski definition) is 4. The van der Waals surface area contributed by atoms with Gasteiger partial charge in [0.15, 0.2) is 11.4 Å². The number of ether oxygens (including phenoxy) is 2. The van der Waals surface area contributed by atoms with Crippen LogP contribution in [0.4, 0.5) is 0 Å². The van der Waals surface area contributed by atoms with E-state index in [0.717, 1.165) is 0 Å². The van der Waals surface area contributed by atoms with Crippen molar-refractivity contribution in [1.82, 2.24) is 4.90 Å². The van der Waals surface area contributed by atoms with Crippen LogP contribution in [-0.2, 0) is 14.3 Å². The van der Waals surface area contributed by atoms with Crippen LogP contribution in [-0.4, -0.2) is 99.6 Å². The first-order valence-electron chi connectivity index (χ1n) is 11.9. The van der Waals surface area contributed by atoms with Gasteiger partial charge in [0.2, 0.25) is 0 Å². The molecule has 2 aliphatic carbocycles. The maximum atomic E-state index is 13.8. The molecule has 2 unspecified atom stereocenters. The van der Waals surface area contributed by atoms with Gasteiger partial charge in [-0.3, -0.25) is 4.79 Å². The number of carbonyl (C=O) groups is 1. The van der Waals surface area contributed by atoms with E-state index >= 15 is 0 Å². The van der Waals surface area contributed by atoms with Crippen LogP contribution in [0.25, 0.3) is 0 Å². The van der Waals surface area contributed by atoms with Crippen molar-refractivity contribution in [3.63, 3.8) is 0 Å². The molecule has 33 heavy (non-hydrogen) atoms. The molecule has 1 aliphatic heterocycles. The van der Waals surface area contributed by atoms with Gasteiger partial charge in [-0.25, -0.2) is 0 Å². The average Bonchev–Trinajstić information content (AvgIpc) is 2.67. The van der Waals surface area contributed by atoms with Crippen molar-refractivity contribution in [2.24, 2.45) is 16.7 Å². The number of carbonyl (C=O) groups excluding carboxylic acids is 1. The normalized spacial score (nSPS) is 48.2. The second-order valence-corrected chi connectivity index (χ2v) is 12.0. The third kappa shape index (κ3) is 3.73. The first kappa shape index (κ1) is 26.7. The number of hydrogen-bond acceptors (Lipinski definition) is 8. The summed E-state index contributed by atoms with van der Waals surface area (Å²) in [5, 5.41) is 45.8. The Bertz CT molecular complexity index is 787. The van der Waals surface area contributed by atoms with Crippen molar-refractivity contribution in [2.45, 2.75) is 95.1 Å². The highest BCUT2D eigenvalue weighted by Crippen LogP contribution is 2.67. The molecule has 3 fully saturated rings. The lowest BCUT2D eigenvalue weighted by molar-refractivity contribution is -0.376. The fourth-order valence-electron chi connectivity index (χ4n) is 7.24. The first-order valence-corrected chi connectivity index (χ1v) is 11.9. The Morgan fingerprint density at radius 3 is 2.39 bits per heavy atom. The molecule has 0 spiro atoms. The Hall–Kier alpha value is -0.870. The van der Waals surface area contributed by atoms with Crippen LogP contribution in [0.3, 0.4) is 0 Å². The molecular formula is C25H43NO7. The van der Waals surface area contributed by atoms with Crippen LogP contribution < -0.4 is 0 Å². The molecule has 4 N–H and O–H groups in total. The fourth-order valence-corrected chi connectivity index (χ4v) is 7.24. The van der Waals surface area contributed by atoms with Gasteiger partial charge < -0.3 is 34.8 Å². The van der Waals surface area contributed by atoms with Gasteiger partial charge in [0.05, 0.1) is 30.5 Å². The maximum absolute atomic E-state index is 13.8. The lowest BCUT2D eigenvalue weighted by Crippen LogP contribution is -2.86. The van der Waals surface area contributed by atoms with Gasteiger partial charge in [-0.15, -0.1) is 6.58 Å². The standard InChI is InChI=1S/C25H43NO7/c1-9-22(4)12-17(29)25(31)23(5)16(28)10-11-21(2,3)19(23)18(30)20(24(25,6)33-22)32-14-15(27)13-26(7)8/h9,15-16,18-20,27-28,30-31H,1,10-14H2,2-8H3/t15?,16-,18-,19?,20-,22-,23-,24+,25-/m0/s1. The molecule has 190 valence electrons. The highest BCUT2D eigenvalue weighted by Gasteiger charge is 2.80. The van der Waals surface area contributed by atoms with Crippen molar-refractivity contribution < 1.29 is 34.7 Å². The molecule has 9 atom stereocenters. The van der Waals surface area contributed by atoms with Crippen LogP contribution in [0.15, 0.2) is 12.7 Å². The summed E-state index contributed by atoms with van der Waals surface area (Å²) in [4.78, 5) is 15.6. The minimum Gasteiger partial charge on any atom is -0.392 e. The Kier molecular flexibility index (Phi) is 6.77. The number of nitrogens with zero attached hydrogens (tertiary/aromatic N) is 1. The van der Waals surface area contributed by atoms with Gasteiger partial charge in [0.1, 0.15) is 11.7 Å². The zero-order chi connectivity index (χ0) is 25.2. The van der Waals surface area contributed by atoms with Gasteiger partial charge in [0, 0.05) is 24.3 Å². The SMILES string of the molecule is C=C[C@@]1(C)CC(=O)[C@@]2(O)[C@](C)(O1)[C@@H](OCC(O)CN(C)C)[C@@H](O)C1C(C)(C)CC[C@H](O)[C@@]12C. The molecule has 1 heterocycles. The van der Waals surface area contributed by atoms with E-state index in [-0.39, 0.29) is 13.0 Å². The smallest absolute Gasteiger partial charge is 0.171 e. The molecule has 0 radical (unpaired) electrons. The van der Waals surface area contributed by atoms with Gasteiger partial charge in [-0.1, -0.05) is 26.8 Å². The zero-order valence-corrected chi connectivity index (χ0v) is 21.2. The Labute approximate surface area is 197 Å². The Morgan fingerprint density at radius 1 is 1.24 bits per heavy atom. The second kappa shape index (κ2) is 8.36. The number of aliphatic hydroxyl groups is 4. The average molecular weight is 470 g/mol. The van der Waals surface area contributed by atoms with Crippen LogP contribution in [0.2, 0.25) is 0 Å². The summed E-state index contributed by atoms with van der Waals surface area (Å²) >= 11 is 0. The lowest BCUT2D eigenvalue weighted by Gasteiger charge is -2.71. The van der Waals surface area contributed by atoms with E-state index in [1.54, 1.807) is 20.8 Å². The maximum Gasteiger partial charge on any atom is 0.171 e. The predicted molar refractivity (Wildman–Crippen MR) is 124 cm³/mol. The number of likely N-dealkylation sites (N-methyl/N-ethyl adjacent to an activating group) is 1. The molecule has 8 nitrogen and oxygen atoms in total. The number of rotatable bonds is 6. The summed E-state index contributed by atoms with van der Waals surface area (Å²) in [6.45, 7) is 13.0. The predicted octanol–water partition coefficient (Wildman–Crippen LogP) is 0.896. The highest BCUT2D eigenvalue weighted by atomic mass is 16.6. The number of Topliss-reactive ketones (excluding diaryl/α,β-unsaturated/α-hetero) is 1. The van der Waals surface area contributed by atoms with Crippen molar-refractivity contribution >= 4 is 5.78 Å². The van der Waals surface area contributed by atoms with Crippen molar-refractivity contribution in [2.75, 3.05) is 27.2 Å². The van der Waals surface area contributed by atoms with E-state index in [2.05, 4.69) is 6.58 Å². The molecule has 8 heteroatoms. The molecule has 1 saturated heterocycles. The first-order chi connectivity index (χ1) is 15.0. The Morgan fingerprint density at radius 2 is 1.85 bits per heavy atom. The van der Waals surface area contributed by atoms with Crippen molar-refractivity contribution in [1.29, 1.82) is 0 Å². The summed E-state index contributed by atoms with van der Waals surface area (Å²) in [5.41, 5.74) is -6.76. The molecule has 0 aromatic rings. The number of aliphatic hydroxyl groups excluding tert-OH is 3. The van der Waals surface area contributed by atoms with Crippen LogP contribution in [0, 0.1) is 16.7 Å². The summed E-state index contributed by atoms with van der Waals surface area (Å²) < 4.78 is 12.6. The largest absolute Gasteiger partial charge is 0.392 e. The molecule has 3 aliphatic rings. The molecule has 0 amide bonds. The van der Waals surface area contributed by atoms with Gasteiger partial charge in [-0.05, 0) is 46.2 Å². The van der Waals surface area contributed by atoms with Gasteiger partial charge in [0.25, 0.3) is 0 Å². The summed E-state index contributed by atoms with van der Waals surface area (Å²) in [5.74, 6) is -1.11. The highest BCUT2D eigenvalue weighted by molar-refractivity contribution is 5.92. The van der Waals surface area contributed by atoms with E-state index in [0.29, 0.717) is 19.4 Å². The van der Waals surface area contributed by atoms with E-state index in [1.165, 1.54) is 6.08 Å². The van der Waals surface area contributed by atoms with Crippen molar-refractivity contribution in [3.8, 4) is 0 Å². The summed E-state index contributed by atoms with van der Waals surface area (Å²) in [6.07, 6.45) is -1.71. The minimum absolute atomic E-state index is 0.107. The topological polar surface area (TPSA) is 120 Å². The van der Waals surface area contributed by atoms with E-state index in [4.69, 9.17) is 9.47 Å². The molecule has 0 aromatic carbocycles. The zero-order valence-electron chi connectivity index (χ0n) is 21.2. The second-order valence-electron chi connectivity index (χ2n) is 12.0. The molecular weight excluding hydrogens is 426 g/mol. The van der Waals surface area contributed by atoms with Crippen LogP contribution in [0.1, 0.15) is 53.9 Å². The van der Waals surface area contributed by atoms with Crippen LogP contribution in [0.5, 0.6) is 0 Å². The van der Waals surface area contributed by atoms with Crippen LogP contribution >= 0.6 is 0 Å². The Balaban J connectivity index is 2.17. The summed E-state index contributed by atoms with van der Waals surface area (Å²) in [7, 11) is 3.66. The van der Waals surface area contributed by atoms with Crippen molar-refractivity contribution in [3.05, 3.63) is 12.7 Å². The molecule has 0 bridgehead atoms. The number of ketones is 1. The third-order valence-electron chi connectivity index (χ3n) is 8.77. The summed E-state index contributed by atoms with van der Waals surface area (Å²) in [6, 6.07) is 0. The van der Waals surface area contributed by atoms with Gasteiger partial charge >= 0.3 is 0 Å². The van der Waals surface area contributed by atoms with E-state index in [9.17, 15) is 25.2 Å². The molecule has 3 rings (SSSR count). The third-order valence-corrected chi connectivity index (χ3v) is 8.77. The minimum atomic E-state index is -2.12.